The average molecular weight is 247 g/mol. The summed E-state index contributed by atoms with van der Waals surface area (Å²) in [5.74, 6) is -0.0633. The quantitative estimate of drug-likeness (QED) is 0.777. The summed E-state index contributed by atoms with van der Waals surface area (Å²) < 4.78 is 1.85. The fourth-order valence-corrected chi connectivity index (χ4v) is 1.85. The number of fused-ring (bicyclic) bond motifs is 1. The molecule has 1 unspecified atom stereocenters. The third-order valence-electron chi connectivity index (χ3n) is 2.91. The molecule has 0 aliphatic rings. The zero-order valence-corrected chi connectivity index (χ0v) is 10.3. The van der Waals surface area contributed by atoms with Crippen LogP contribution in [0.4, 0.5) is 0 Å². The van der Waals surface area contributed by atoms with Gasteiger partial charge >= 0.3 is 0 Å². The molecular formula is C13H17N3O2. The second-order valence-electron chi connectivity index (χ2n) is 4.18. The summed E-state index contributed by atoms with van der Waals surface area (Å²) in [5, 5.41) is 11.5. The standard InChI is InChI=1S/C13H17N3O2/c1-10(13(18)14-7-4-8-17)16-9-15-11-5-2-3-6-12(11)16/h2-3,5-6,9-10,17H,4,7-8H2,1H3,(H,14,18). The van der Waals surface area contributed by atoms with Crippen molar-refractivity contribution in [1.82, 2.24) is 14.9 Å². The van der Waals surface area contributed by atoms with Crippen LogP contribution in [0.2, 0.25) is 0 Å². The highest BCUT2D eigenvalue weighted by Crippen LogP contribution is 2.17. The van der Waals surface area contributed by atoms with Crippen LogP contribution < -0.4 is 5.32 Å². The highest BCUT2D eigenvalue weighted by molar-refractivity contribution is 5.83. The SMILES string of the molecule is CC(C(=O)NCCCO)n1cnc2ccccc21. The lowest BCUT2D eigenvalue weighted by Gasteiger charge is -2.14. The number of hydrogen-bond donors (Lipinski definition) is 2. The number of benzene rings is 1. The van der Waals surface area contributed by atoms with E-state index >= 15 is 0 Å². The van der Waals surface area contributed by atoms with Gasteiger partial charge in [-0.1, -0.05) is 12.1 Å². The number of para-hydroxylation sites is 2. The van der Waals surface area contributed by atoms with Crippen LogP contribution in [-0.4, -0.2) is 33.7 Å². The predicted molar refractivity (Wildman–Crippen MR) is 69.2 cm³/mol. The maximum atomic E-state index is 11.9. The lowest BCUT2D eigenvalue weighted by atomic mass is 10.2. The van der Waals surface area contributed by atoms with E-state index in [4.69, 9.17) is 5.11 Å². The van der Waals surface area contributed by atoms with E-state index in [1.165, 1.54) is 0 Å². The Kier molecular flexibility index (Phi) is 3.94. The summed E-state index contributed by atoms with van der Waals surface area (Å²) in [7, 11) is 0. The van der Waals surface area contributed by atoms with Crippen molar-refractivity contribution < 1.29 is 9.90 Å². The van der Waals surface area contributed by atoms with Crippen molar-refractivity contribution >= 4 is 16.9 Å². The van der Waals surface area contributed by atoms with E-state index in [1.54, 1.807) is 6.33 Å². The fraction of sp³-hybridized carbons (Fsp3) is 0.385. The maximum Gasteiger partial charge on any atom is 0.242 e. The van der Waals surface area contributed by atoms with Crippen LogP contribution in [0.1, 0.15) is 19.4 Å². The van der Waals surface area contributed by atoms with Crippen LogP contribution >= 0.6 is 0 Å². The van der Waals surface area contributed by atoms with E-state index in [0.29, 0.717) is 13.0 Å². The number of aliphatic hydroxyl groups excluding tert-OH is 1. The number of rotatable bonds is 5. The normalized spacial score (nSPS) is 12.6. The fourth-order valence-electron chi connectivity index (χ4n) is 1.85. The Hall–Kier alpha value is -1.88. The van der Waals surface area contributed by atoms with Gasteiger partial charge in [0.15, 0.2) is 0 Å². The van der Waals surface area contributed by atoms with Gasteiger partial charge in [-0.3, -0.25) is 4.79 Å². The van der Waals surface area contributed by atoms with Crippen LogP contribution in [0, 0.1) is 0 Å². The van der Waals surface area contributed by atoms with E-state index in [1.807, 2.05) is 35.8 Å². The molecule has 1 aromatic heterocycles. The van der Waals surface area contributed by atoms with E-state index in [2.05, 4.69) is 10.3 Å². The third-order valence-corrected chi connectivity index (χ3v) is 2.91. The summed E-state index contributed by atoms with van der Waals surface area (Å²) >= 11 is 0. The molecule has 1 atom stereocenters. The molecule has 0 aliphatic heterocycles. The number of nitrogens with zero attached hydrogens (tertiary/aromatic N) is 2. The molecule has 1 amide bonds. The molecule has 0 saturated heterocycles. The van der Waals surface area contributed by atoms with E-state index in [9.17, 15) is 4.79 Å². The largest absolute Gasteiger partial charge is 0.396 e. The number of hydrogen-bond acceptors (Lipinski definition) is 3. The highest BCUT2D eigenvalue weighted by Gasteiger charge is 2.16. The number of nitrogens with one attached hydrogen (secondary N) is 1. The Balaban J connectivity index is 2.13. The molecule has 2 N–H and O–H groups in total. The third kappa shape index (κ3) is 2.51. The van der Waals surface area contributed by atoms with Gasteiger partial charge in [-0.2, -0.15) is 0 Å². The zero-order chi connectivity index (χ0) is 13.0. The molecule has 0 aliphatic carbocycles. The predicted octanol–water partition coefficient (Wildman–Crippen LogP) is 1.10. The maximum absolute atomic E-state index is 11.9. The molecule has 18 heavy (non-hydrogen) atoms. The first-order chi connectivity index (χ1) is 8.74. The van der Waals surface area contributed by atoms with Crippen molar-refractivity contribution in [3.8, 4) is 0 Å². The second kappa shape index (κ2) is 5.64. The van der Waals surface area contributed by atoms with Crippen LogP contribution in [0.5, 0.6) is 0 Å². The molecule has 5 nitrogen and oxygen atoms in total. The Morgan fingerprint density at radius 3 is 3.06 bits per heavy atom. The zero-order valence-electron chi connectivity index (χ0n) is 10.3. The van der Waals surface area contributed by atoms with Crippen LogP contribution in [-0.2, 0) is 4.79 Å². The van der Waals surface area contributed by atoms with E-state index < -0.39 is 0 Å². The van der Waals surface area contributed by atoms with Gasteiger partial charge in [0, 0.05) is 13.2 Å². The number of amides is 1. The first-order valence-corrected chi connectivity index (χ1v) is 6.04. The number of carbonyl (C=O) groups is 1. The number of carbonyl (C=O) groups excluding carboxylic acids is 1. The molecule has 1 heterocycles. The van der Waals surface area contributed by atoms with Gasteiger partial charge in [0.1, 0.15) is 6.04 Å². The second-order valence-corrected chi connectivity index (χ2v) is 4.18. The lowest BCUT2D eigenvalue weighted by Crippen LogP contribution is -2.31. The summed E-state index contributed by atoms with van der Waals surface area (Å²) in [6.45, 7) is 2.41. The van der Waals surface area contributed by atoms with Crippen molar-refractivity contribution in [2.75, 3.05) is 13.2 Å². The number of aliphatic hydroxyl groups is 1. The van der Waals surface area contributed by atoms with Crippen molar-refractivity contribution in [3.05, 3.63) is 30.6 Å². The Bertz CT molecular complexity index is 536. The summed E-state index contributed by atoms with van der Waals surface area (Å²) in [6.07, 6.45) is 2.25. The molecule has 0 spiro atoms. The minimum Gasteiger partial charge on any atom is -0.396 e. The van der Waals surface area contributed by atoms with Gasteiger partial charge in [-0.05, 0) is 25.5 Å². The van der Waals surface area contributed by atoms with Gasteiger partial charge in [0.05, 0.1) is 17.4 Å². The van der Waals surface area contributed by atoms with E-state index in [-0.39, 0.29) is 18.6 Å². The van der Waals surface area contributed by atoms with Crippen LogP contribution in [0.3, 0.4) is 0 Å². The monoisotopic (exact) mass is 247 g/mol. The molecule has 0 fully saturated rings. The molecule has 96 valence electrons. The lowest BCUT2D eigenvalue weighted by molar-refractivity contribution is -0.123. The molecule has 5 heteroatoms. The Labute approximate surface area is 105 Å². The van der Waals surface area contributed by atoms with Crippen LogP contribution in [0.15, 0.2) is 30.6 Å². The number of aromatic nitrogens is 2. The van der Waals surface area contributed by atoms with Gasteiger partial charge < -0.3 is 15.0 Å². The van der Waals surface area contributed by atoms with Crippen molar-refractivity contribution in [3.63, 3.8) is 0 Å². The molecular weight excluding hydrogens is 230 g/mol. The first-order valence-electron chi connectivity index (χ1n) is 6.04. The summed E-state index contributed by atoms with van der Waals surface area (Å²) in [4.78, 5) is 16.2. The van der Waals surface area contributed by atoms with Crippen molar-refractivity contribution in [2.45, 2.75) is 19.4 Å². The molecule has 2 rings (SSSR count). The first kappa shape index (κ1) is 12.6. The van der Waals surface area contributed by atoms with Crippen LogP contribution in [0.25, 0.3) is 11.0 Å². The Morgan fingerprint density at radius 1 is 1.50 bits per heavy atom. The summed E-state index contributed by atoms with van der Waals surface area (Å²) in [6, 6.07) is 7.40. The summed E-state index contributed by atoms with van der Waals surface area (Å²) in [5.41, 5.74) is 1.83. The van der Waals surface area contributed by atoms with Gasteiger partial charge in [0.2, 0.25) is 5.91 Å². The van der Waals surface area contributed by atoms with Crippen molar-refractivity contribution in [2.24, 2.45) is 0 Å². The highest BCUT2D eigenvalue weighted by atomic mass is 16.3. The minimum atomic E-state index is -0.309. The topological polar surface area (TPSA) is 67.2 Å². The molecule has 0 radical (unpaired) electrons. The number of imidazole rings is 1. The molecule has 2 aromatic rings. The van der Waals surface area contributed by atoms with Gasteiger partial charge in [0.25, 0.3) is 0 Å². The van der Waals surface area contributed by atoms with Crippen molar-refractivity contribution in [1.29, 1.82) is 0 Å². The molecule has 0 bridgehead atoms. The van der Waals surface area contributed by atoms with Gasteiger partial charge in [-0.15, -0.1) is 0 Å². The smallest absolute Gasteiger partial charge is 0.242 e. The minimum absolute atomic E-state index is 0.0633. The van der Waals surface area contributed by atoms with Gasteiger partial charge in [-0.25, -0.2) is 4.98 Å². The molecule has 1 aromatic carbocycles. The van der Waals surface area contributed by atoms with E-state index in [0.717, 1.165) is 11.0 Å². The molecule has 0 saturated carbocycles. The Morgan fingerprint density at radius 2 is 2.28 bits per heavy atom. The average Bonchev–Trinajstić information content (AvgIpc) is 2.82.